The van der Waals surface area contributed by atoms with Crippen LogP contribution in [0.1, 0.15) is 20.3 Å². The maximum absolute atomic E-state index is 5.08. The van der Waals surface area contributed by atoms with Crippen molar-refractivity contribution in [3.8, 4) is 5.88 Å². The van der Waals surface area contributed by atoms with E-state index in [1.165, 1.54) is 25.8 Å². The zero-order valence-electron chi connectivity index (χ0n) is 11.4. The van der Waals surface area contributed by atoms with Gasteiger partial charge in [0, 0.05) is 25.2 Å². The van der Waals surface area contributed by atoms with Crippen LogP contribution in [0.25, 0.3) is 0 Å². The lowest BCUT2D eigenvalue weighted by atomic mass is 10.1. The summed E-state index contributed by atoms with van der Waals surface area (Å²) in [6.45, 7) is 7.85. The molecule has 1 unspecified atom stereocenters. The van der Waals surface area contributed by atoms with Crippen molar-refractivity contribution in [1.82, 2.24) is 14.9 Å². The Morgan fingerprint density at radius 1 is 1.50 bits per heavy atom. The van der Waals surface area contributed by atoms with Gasteiger partial charge in [0.15, 0.2) is 0 Å². The monoisotopic (exact) mass is 250 g/mol. The van der Waals surface area contributed by atoms with Crippen molar-refractivity contribution in [2.75, 3.05) is 32.1 Å². The Kier molecular flexibility index (Phi) is 4.36. The third kappa shape index (κ3) is 3.32. The summed E-state index contributed by atoms with van der Waals surface area (Å²) >= 11 is 0. The second-order valence-corrected chi connectivity index (χ2v) is 5.07. The van der Waals surface area contributed by atoms with Crippen LogP contribution < -0.4 is 10.1 Å². The Balaban J connectivity index is 1.81. The first-order valence-electron chi connectivity index (χ1n) is 6.53. The minimum absolute atomic E-state index is 0.600. The van der Waals surface area contributed by atoms with Crippen LogP contribution in [0.3, 0.4) is 0 Å². The van der Waals surface area contributed by atoms with E-state index < -0.39 is 0 Å². The molecule has 1 aliphatic heterocycles. The SMILES string of the molecule is COc1cc(NCC2CCN(C(C)C)C2)ncn1. The fourth-order valence-electron chi connectivity index (χ4n) is 2.29. The highest BCUT2D eigenvalue weighted by atomic mass is 16.5. The van der Waals surface area contributed by atoms with Crippen LogP contribution in [0, 0.1) is 5.92 Å². The molecule has 0 saturated carbocycles. The molecule has 1 aliphatic rings. The van der Waals surface area contributed by atoms with Crippen molar-refractivity contribution in [2.24, 2.45) is 5.92 Å². The van der Waals surface area contributed by atoms with Crippen LogP contribution in [0.15, 0.2) is 12.4 Å². The van der Waals surface area contributed by atoms with Gasteiger partial charge in [-0.1, -0.05) is 0 Å². The average Bonchev–Trinajstić information content (AvgIpc) is 2.85. The summed E-state index contributed by atoms with van der Waals surface area (Å²) in [4.78, 5) is 10.7. The first-order valence-corrected chi connectivity index (χ1v) is 6.53. The number of rotatable bonds is 5. The van der Waals surface area contributed by atoms with E-state index >= 15 is 0 Å². The average molecular weight is 250 g/mol. The summed E-state index contributed by atoms with van der Waals surface area (Å²) in [6, 6.07) is 2.48. The molecule has 1 aromatic heterocycles. The first kappa shape index (κ1) is 13.1. The minimum Gasteiger partial charge on any atom is -0.481 e. The number of methoxy groups -OCH3 is 1. The fraction of sp³-hybridized carbons (Fsp3) is 0.692. The van der Waals surface area contributed by atoms with Crippen molar-refractivity contribution >= 4 is 5.82 Å². The van der Waals surface area contributed by atoms with Gasteiger partial charge in [0.05, 0.1) is 7.11 Å². The molecular weight excluding hydrogens is 228 g/mol. The van der Waals surface area contributed by atoms with Gasteiger partial charge in [-0.25, -0.2) is 9.97 Å². The molecule has 0 amide bonds. The van der Waals surface area contributed by atoms with Crippen molar-refractivity contribution in [2.45, 2.75) is 26.3 Å². The van der Waals surface area contributed by atoms with E-state index in [1.54, 1.807) is 7.11 Å². The maximum atomic E-state index is 5.08. The quantitative estimate of drug-likeness (QED) is 0.860. The predicted molar refractivity (Wildman–Crippen MR) is 71.9 cm³/mol. The number of aromatic nitrogens is 2. The van der Waals surface area contributed by atoms with Crippen molar-refractivity contribution < 1.29 is 4.74 Å². The Bertz CT molecular complexity index is 383. The predicted octanol–water partition coefficient (Wildman–Crippen LogP) is 1.63. The first-order chi connectivity index (χ1) is 8.69. The molecular formula is C13H22N4O. The number of hydrogen-bond acceptors (Lipinski definition) is 5. The van der Waals surface area contributed by atoms with Gasteiger partial charge in [0.25, 0.3) is 0 Å². The van der Waals surface area contributed by atoms with Crippen LogP contribution in [0.4, 0.5) is 5.82 Å². The summed E-state index contributed by atoms with van der Waals surface area (Å²) in [7, 11) is 1.61. The summed E-state index contributed by atoms with van der Waals surface area (Å²) in [5.74, 6) is 2.14. The molecule has 5 heteroatoms. The molecule has 0 aromatic carbocycles. The molecule has 1 saturated heterocycles. The molecule has 5 nitrogen and oxygen atoms in total. The van der Waals surface area contributed by atoms with Crippen LogP contribution >= 0.6 is 0 Å². The second kappa shape index (κ2) is 6.00. The summed E-state index contributed by atoms with van der Waals surface area (Å²) in [5.41, 5.74) is 0. The van der Waals surface area contributed by atoms with Crippen LogP contribution in [-0.2, 0) is 0 Å². The van der Waals surface area contributed by atoms with Crippen molar-refractivity contribution in [3.63, 3.8) is 0 Å². The van der Waals surface area contributed by atoms with E-state index in [9.17, 15) is 0 Å². The third-order valence-electron chi connectivity index (χ3n) is 3.47. The molecule has 0 radical (unpaired) electrons. The van der Waals surface area contributed by atoms with E-state index in [-0.39, 0.29) is 0 Å². The lowest BCUT2D eigenvalue weighted by molar-refractivity contribution is 0.266. The Morgan fingerprint density at radius 3 is 3.00 bits per heavy atom. The molecule has 0 bridgehead atoms. The molecule has 2 rings (SSSR count). The van der Waals surface area contributed by atoms with E-state index in [1.807, 2.05) is 6.07 Å². The van der Waals surface area contributed by atoms with Gasteiger partial charge < -0.3 is 15.0 Å². The molecule has 0 aliphatic carbocycles. The highest BCUT2D eigenvalue weighted by molar-refractivity contribution is 5.37. The number of anilines is 1. The molecule has 1 N–H and O–H groups in total. The number of nitrogens with one attached hydrogen (secondary N) is 1. The van der Waals surface area contributed by atoms with Gasteiger partial charge in [0.2, 0.25) is 5.88 Å². The number of nitrogens with zero attached hydrogens (tertiary/aromatic N) is 3. The molecule has 1 fully saturated rings. The zero-order valence-corrected chi connectivity index (χ0v) is 11.4. The molecule has 1 aromatic rings. The second-order valence-electron chi connectivity index (χ2n) is 5.07. The maximum Gasteiger partial charge on any atom is 0.218 e. The smallest absolute Gasteiger partial charge is 0.218 e. The molecule has 18 heavy (non-hydrogen) atoms. The molecule has 1 atom stereocenters. The minimum atomic E-state index is 0.600. The van der Waals surface area contributed by atoms with E-state index in [2.05, 4.69) is 34.0 Å². The molecule has 2 heterocycles. The highest BCUT2D eigenvalue weighted by Crippen LogP contribution is 2.19. The number of ether oxygens (including phenoxy) is 1. The van der Waals surface area contributed by atoms with Crippen LogP contribution in [-0.4, -0.2) is 47.7 Å². The molecule has 0 spiro atoms. The van der Waals surface area contributed by atoms with E-state index in [4.69, 9.17) is 4.74 Å². The number of hydrogen-bond donors (Lipinski definition) is 1. The Hall–Kier alpha value is -1.36. The number of likely N-dealkylation sites (tertiary alicyclic amines) is 1. The standard InChI is InChI=1S/C13H22N4O/c1-10(2)17-5-4-11(8-17)7-14-12-6-13(18-3)16-9-15-12/h6,9-11H,4-5,7-8H2,1-3H3,(H,14,15,16). The van der Waals surface area contributed by atoms with Gasteiger partial charge in [0.1, 0.15) is 12.1 Å². The van der Waals surface area contributed by atoms with Crippen LogP contribution in [0.2, 0.25) is 0 Å². The van der Waals surface area contributed by atoms with E-state index in [0.29, 0.717) is 17.8 Å². The van der Waals surface area contributed by atoms with Gasteiger partial charge in [-0.3, -0.25) is 0 Å². The highest BCUT2D eigenvalue weighted by Gasteiger charge is 2.23. The summed E-state index contributed by atoms with van der Waals surface area (Å²) < 4.78 is 5.08. The lowest BCUT2D eigenvalue weighted by Gasteiger charge is -2.20. The normalized spacial score (nSPS) is 20.3. The Labute approximate surface area is 109 Å². The zero-order chi connectivity index (χ0) is 13.0. The van der Waals surface area contributed by atoms with Crippen molar-refractivity contribution in [3.05, 3.63) is 12.4 Å². The topological polar surface area (TPSA) is 50.3 Å². The van der Waals surface area contributed by atoms with Crippen molar-refractivity contribution in [1.29, 1.82) is 0 Å². The summed E-state index contributed by atoms with van der Waals surface area (Å²) in [5, 5.41) is 3.36. The van der Waals surface area contributed by atoms with Gasteiger partial charge in [-0.15, -0.1) is 0 Å². The Morgan fingerprint density at radius 2 is 2.33 bits per heavy atom. The van der Waals surface area contributed by atoms with Gasteiger partial charge in [-0.05, 0) is 32.7 Å². The van der Waals surface area contributed by atoms with E-state index in [0.717, 1.165) is 12.4 Å². The van der Waals surface area contributed by atoms with Crippen LogP contribution in [0.5, 0.6) is 5.88 Å². The fourth-order valence-corrected chi connectivity index (χ4v) is 2.29. The largest absolute Gasteiger partial charge is 0.481 e. The summed E-state index contributed by atoms with van der Waals surface area (Å²) in [6.07, 6.45) is 2.78. The van der Waals surface area contributed by atoms with Gasteiger partial charge >= 0.3 is 0 Å². The third-order valence-corrected chi connectivity index (χ3v) is 3.47. The molecule has 100 valence electrons. The lowest BCUT2D eigenvalue weighted by Crippen LogP contribution is -2.29. The van der Waals surface area contributed by atoms with Gasteiger partial charge in [-0.2, -0.15) is 0 Å².